The fourth-order valence-corrected chi connectivity index (χ4v) is 6.04. The quantitative estimate of drug-likeness (QED) is 0.0755. The largest absolute Gasteiger partial charge is 0.478 e. The van der Waals surface area contributed by atoms with Crippen LogP contribution in [0.1, 0.15) is 187 Å². The van der Waals surface area contributed by atoms with Gasteiger partial charge in [0.1, 0.15) is 0 Å². The number of nitrogens with one attached hydrogen (secondary N) is 1. The Morgan fingerprint density at radius 1 is 0.564 bits per heavy atom. The van der Waals surface area contributed by atoms with Gasteiger partial charge in [-0.25, -0.2) is 4.79 Å². The summed E-state index contributed by atoms with van der Waals surface area (Å²) in [5, 5.41) is 13.2. The highest BCUT2D eigenvalue weighted by atomic mass is 16.4. The molecule has 1 heterocycles. The molecule has 0 aromatic heterocycles. The van der Waals surface area contributed by atoms with Crippen LogP contribution in [0.2, 0.25) is 0 Å². The summed E-state index contributed by atoms with van der Waals surface area (Å²) in [4.78, 5) is 25.2. The lowest BCUT2D eigenvalue weighted by atomic mass is 9.90. The van der Waals surface area contributed by atoms with Crippen molar-refractivity contribution in [2.45, 2.75) is 193 Å². The lowest BCUT2D eigenvalue weighted by Crippen LogP contribution is -2.33. The molecule has 39 heavy (non-hydrogen) atoms. The van der Waals surface area contributed by atoms with E-state index in [2.05, 4.69) is 19.2 Å². The van der Waals surface area contributed by atoms with Gasteiger partial charge in [-0.3, -0.25) is 4.79 Å². The van der Waals surface area contributed by atoms with E-state index in [0.29, 0.717) is 24.0 Å². The molecule has 1 rings (SSSR count). The molecule has 228 valence electrons. The number of carboxylic acid groups (broad SMARTS) is 1. The summed E-state index contributed by atoms with van der Waals surface area (Å²) in [6.07, 6.45) is 32.8. The van der Waals surface area contributed by atoms with Crippen LogP contribution >= 0.6 is 0 Å². The standard InChI is InChI=1S/C35H65NO3/c1-3-5-7-8-9-10-11-12-13-14-15-16-17-18-19-20-21-22-23-25-28-32(35(38)39)31(27-24-6-4-2)34(37)33-29-26-30-36-33/h33,36H,3-30H2,1-2H3,(H,38,39). The van der Waals surface area contributed by atoms with Crippen molar-refractivity contribution in [3.63, 3.8) is 0 Å². The number of ketones is 1. The van der Waals surface area contributed by atoms with Gasteiger partial charge in [0.25, 0.3) is 0 Å². The first-order chi connectivity index (χ1) is 19.1. The van der Waals surface area contributed by atoms with E-state index >= 15 is 0 Å². The summed E-state index contributed by atoms with van der Waals surface area (Å²) in [5.41, 5.74) is 1.00. The fraction of sp³-hybridized carbons (Fsp3) is 0.886. The molecule has 0 aromatic carbocycles. The first kappa shape index (κ1) is 35.9. The molecule has 1 aliphatic heterocycles. The zero-order valence-corrected chi connectivity index (χ0v) is 26.1. The zero-order valence-electron chi connectivity index (χ0n) is 26.1. The Morgan fingerprint density at radius 2 is 0.923 bits per heavy atom. The van der Waals surface area contributed by atoms with Gasteiger partial charge in [-0.2, -0.15) is 0 Å². The van der Waals surface area contributed by atoms with Crippen LogP contribution in [0.25, 0.3) is 0 Å². The molecule has 1 aliphatic rings. The predicted molar refractivity (Wildman–Crippen MR) is 167 cm³/mol. The van der Waals surface area contributed by atoms with E-state index in [1.165, 1.54) is 116 Å². The molecule has 0 spiro atoms. The molecule has 0 radical (unpaired) electrons. The highest BCUT2D eigenvalue weighted by Crippen LogP contribution is 2.24. The third-order valence-corrected chi connectivity index (χ3v) is 8.61. The smallest absolute Gasteiger partial charge is 0.331 e. The normalized spacial score (nSPS) is 16.0. The Kier molecular flexibility index (Phi) is 23.7. The second-order valence-corrected chi connectivity index (χ2v) is 12.2. The first-order valence-electron chi connectivity index (χ1n) is 17.3. The van der Waals surface area contributed by atoms with Crippen molar-refractivity contribution >= 4 is 11.8 Å². The van der Waals surface area contributed by atoms with Gasteiger partial charge in [-0.15, -0.1) is 0 Å². The molecule has 0 aliphatic carbocycles. The first-order valence-corrected chi connectivity index (χ1v) is 17.3. The summed E-state index contributed by atoms with van der Waals surface area (Å²) in [7, 11) is 0. The average molecular weight is 548 g/mol. The van der Waals surface area contributed by atoms with Gasteiger partial charge in [0, 0.05) is 11.1 Å². The number of aliphatic carboxylic acids is 1. The number of carbonyl (C=O) groups excluding carboxylic acids is 1. The van der Waals surface area contributed by atoms with Crippen molar-refractivity contribution in [1.29, 1.82) is 0 Å². The molecule has 1 fully saturated rings. The van der Waals surface area contributed by atoms with Gasteiger partial charge in [0.2, 0.25) is 0 Å². The Hall–Kier alpha value is -1.16. The van der Waals surface area contributed by atoms with Crippen LogP contribution in [0.5, 0.6) is 0 Å². The minimum Gasteiger partial charge on any atom is -0.478 e. The summed E-state index contributed by atoms with van der Waals surface area (Å²) >= 11 is 0. The maximum atomic E-state index is 13.1. The molecule has 1 atom stereocenters. The highest BCUT2D eigenvalue weighted by molar-refractivity contribution is 6.06. The molecule has 4 heteroatoms. The van der Waals surface area contributed by atoms with Crippen LogP contribution in [0.15, 0.2) is 11.1 Å². The van der Waals surface area contributed by atoms with E-state index in [-0.39, 0.29) is 11.8 Å². The molecule has 1 saturated heterocycles. The van der Waals surface area contributed by atoms with E-state index in [9.17, 15) is 14.7 Å². The molecule has 0 aromatic rings. The molecule has 0 bridgehead atoms. The molecular weight excluding hydrogens is 482 g/mol. The van der Waals surface area contributed by atoms with E-state index in [0.717, 1.165) is 51.5 Å². The van der Waals surface area contributed by atoms with Crippen molar-refractivity contribution in [3.05, 3.63) is 11.1 Å². The topological polar surface area (TPSA) is 66.4 Å². The van der Waals surface area contributed by atoms with Gasteiger partial charge in [0.15, 0.2) is 5.78 Å². The number of carbonyl (C=O) groups is 2. The van der Waals surface area contributed by atoms with E-state index in [1.807, 2.05) is 0 Å². The third kappa shape index (κ3) is 18.7. The lowest BCUT2D eigenvalue weighted by Gasteiger charge is -2.16. The molecule has 2 N–H and O–H groups in total. The maximum absolute atomic E-state index is 13.1. The third-order valence-electron chi connectivity index (χ3n) is 8.61. The van der Waals surface area contributed by atoms with Crippen LogP contribution in [0, 0.1) is 0 Å². The van der Waals surface area contributed by atoms with Crippen LogP contribution in [0.4, 0.5) is 0 Å². The summed E-state index contributed by atoms with van der Waals surface area (Å²) in [6, 6.07) is -0.175. The Balaban J connectivity index is 2.09. The van der Waals surface area contributed by atoms with E-state index in [1.54, 1.807) is 0 Å². The highest BCUT2D eigenvalue weighted by Gasteiger charge is 2.28. The van der Waals surface area contributed by atoms with Crippen molar-refractivity contribution in [2.24, 2.45) is 0 Å². The zero-order chi connectivity index (χ0) is 28.4. The van der Waals surface area contributed by atoms with Crippen molar-refractivity contribution in [3.8, 4) is 0 Å². The van der Waals surface area contributed by atoms with E-state index < -0.39 is 5.97 Å². The Labute approximate surface area is 242 Å². The molecule has 1 unspecified atom stereocenters. The van der Waals surface area contributed by atoms with Gasteiger partial charge >= 0.3 is 5.97 Å². The van der Waals surface area contributed by atoms with Gasteiger partial charge in [0.05, 0.1) is 6.04 Å². The van der Waals surface area contributed by atoms with E-state index in [4.69, 9.17) is 0 Å². The maximum Gasteiger partial charge on any atom is 0.331 e. The fourth-order valence-electron chi connectivity index (χ4n) is 6.04. The summed E-state index contributed by atoms with van der Waals surface area (Å²) in [6.45, 7) is 5.29. The number of Topliss-reactive ketones (excluding diaryl/α,β-unsaturated/α-hetero) is 1. The van der Waals surface area contributed by atoms with Crippen molar-refractivity contribution in [1.82, 2.24) is 5.32 Å². The number of hydrogen-bond acceptors (Lipinski definition) is 3. The number of hydrogen-bond donors (Lipinski definition) is 2. The summed E-state index contributed by atoms with van der Waals surface area (Å²) < 4.78 is 0. The number of rotatable bonds is 28. The van der Waals surface area contributed by atoms with Crippen LogP contribution in [-0.4, -0.2) is 29.4 Å². The Morgan fingerprint density at radius 3 is 1.31 bits per heavy atom. The van der Waals surface area contributed by atoms with Crippen LogP contribution < -0.4 is 5.32 Å². The van der Waals surface area contributed by atoms with Crippen LogP contribution in [-0.2, 0) is 9.59 Å². The second kappa shape index (κ2) is 25.8. The molecular formula is C35H65NO3. The molecule has 0 amide bonds. The number of unbranched alkanes of at least 4 members (excludes halogenated alkanes) is 21. The minimum atomic E-state index is -0.884. The van der Waals surface area contributed by atoms with Crippen molar-refractivity contribution < 1.29 is 14.7 Å². The molecule has 4 nitrogen and oxygen atoms in total. The SMILES string of the molecule is CCCCCCCCCCCCCCCCCCCCCCC(C(=O)O)=C(CCCCC)C(=O)C1CCCN1. The number of carboxylic acids is 1. The van der Waals surface area contributed by atoms with Gasteiger partial charge in [-0.1, -0.05) is 149 Å². The average Bonchev–Trinajstić information content (AvgIpc) is 3.47. The van der Waals surface area contributed by atoms with Crippen LogP contribution in [0.3, 0.4) is 0 Å². The monoisotopic (exact) mass is 547 g/mol. The van der Waals surface area contributed by atoms with Gasteiger partial charge < -0.3 is 10.4 Å². The van der Waals surface area contributed by atoms with Gasteiger partial charge in [-0.05, 0) is 45.1 Å². The Bertz CT molecular complexity index is 636. The lowest BCUT2D eigenvalue weighted by molar-refractivity contribution is -0.133. The second-order valence-electron chi connectivity index (χ2n) is 12.2. The predicted octanol–water partition coefficient (Wildman–Crippen LogP) is 10.5. The summed E-state index contributed by atoms with van der Waals surface area (Å²) in [5.74, 6) is -0.834. The molecule has 0 saturated carbocycles. The minimum absolute atomic E-state index is 0.0502. The van der Waals surface area contributed by atoms with Crippen molar-refractivity contribution in [2.75, 3.05) is 6.54 Å².